The van der Waals surface area contributed by atoms with Crippen molar-refractivity contribution in [3.05, 3.63) is 39.8 Å². The summed E-state index contributed by atoms with van der Waals surface area (Å²) >= 11 is 0. The number of aromatic nitrogens is 2. The summed E-state index contributed by atoms with van der Waals surface area (Å²) in [7, 11) is 0. The van der Waals surface area contributed by atoms with Crippen molar-refractivity contribution in [1.82, 2.24) is 9.55 Å². The number of hydrogen-bond acceptors (Lipinski definition) is 5. The fourth-order valence-corrected chi connectivity index (χ4v) is 1.92. The second-order valence-corrected chi connectivity index (χ2v) is 4.22. The quantitative estimate of drug-likeness (QED) is 0.788. The molecule has 20 heavy (non-hydrogen) atoms. The summed E-state index contributed by atoms with van der Waals surface area (Å²) in [6.07, 6.45) is 1.43. The Hall–Kier alpha value is -2.68. The van der Waals surface area contributed by atoms with Crippen LogP contribution in [0.3, 0.4) is 0 Å². The SMILES string of the molecule is CCn1cc(C(=O)OCC#N)c(=O)c2ccc(C)nc21. The number of fused-ring (bicyclic) bond motifs is 1. The number of ether oxygens (including phenoxy) is 1. The van der Waals surface area contributed by atoms with Gasteiger partial charge < -0.3 is 9.30 Å². The average molecular weight is 271 g/mol. The fraction of sp³-hybridized carbons (Fsp3) is 0.286. The fourth-order valence-electron chi connectivity index (χ4n) is 1.92. The molecule has 6 heteroatoms. The maximum Gasteiger partial charge on any atom is 0.344 e. The van der Waals surface area contributed by atoms with Gasteiger partial charge in [0.25, 0.3) is 0 Å². The summed E-state index contributed by atoms with van der Waals surface area (Å²) in [5.41, 5.74) is 0.814. The third-order valence-corrected chi connectivity index (χ3v) is 2.89. The molecule has 0 radical (unpaired) electrons. The van der Waals surface area contributed by atoms with Crippen molar-refractivity contribution < 1.29 is 9.53 Å². The summed E-state index contributed by atoms with van der Waals surface area (Å²) in [5, 5.41) is 8.78. The second-order valence-electron chi connectivity index (χ2n) is 4.22. The van der Waals surface area contributed by atoms with Crippen molar-refractivity contribution >= 4 is 17.0 Å². The smallest absolute Gasteiger partial charge is 0.344 e. The molecule has 0 aromatic carbocycles. The van der Waals surface area contributed by atoms with E-state index in [1.54, 1.807) is 22.8 Å². The van der Waals surface area contributed by atoms with Gasteiger partial charge in [-0.15, -0.1) is 0 Å². The molecule has 0 saturated heterocycles. The molecule has 0 spiro atoms. The van der Waals surface area contributed by atoms with E-state index >= 15 is 0 Å². The van der Waals surface area contributed by atoms with Crippen molar-refractivity contribution in [3.63, 3.8) is 0 Å². The van der Waals surface area contributed by atoms with Crippen LogP contribution >= 0.6 is 0 Å². The Kier molecular flexibility index (Phi) is 3.80. The number of hydrogen-bond donors (Lipinski definition) is 0. The van der Waals surface area contributed by atoms with Crippen molar-refractivity contribution in [2.24, 2.45) is 0 Å². The van der Waals surface area contributed by atoms with Crippen LogP contribution in [-0.4, -0.2) is 22.1 Å². The van der Waals surface area contributed by atoms with Gasteiger partial charge in [0.1, 0.15) is 17.3 Å². The van der Waals surface area contributed by atoms with Crippen LogP contribution in [0, 0.1) is 18.3 Å². The molecule has 0 unspecified atom stereocenters. The third kappa shape index (κ3) is 2.38. The zero-order valence-electron chi connectivity index (χ0n) is 11.2. The van der Waals surface area contributed by atoms with Gasteiger partial charge in [0.15, 0.2) is 6.61 Å². The van der Waals surface area contributed by atoms with Crippen molar-refractivity contribution in [3.8, 4) is 6.07 Å². The highest BCUT2D eigenvalue weighted by Gasteiger charge is 2.17. The van der Waals surface area contributed by atoms with E-state index in [0.717, 1.165) is 5.69 Å². The first-order chi connectivity index (χ1) is 9.58. The van der Waals surface area contributed by atoms with Gasteiger partial charge in [0.05, 0.1) is 5.39 Å². The molecule has 0 atom stereocenters. The van der Waals surface area contributed by atoms with Gasteiger partial charge >= 0.3 is 5.97 Å². The number of pyridine rings is 2. The zero-order chi connectivity index (χ0) is 14.7. The largest absolute Gasteiger partial charge is 0.447 e. The zero-order valence-corrected chi connectivity index (χ0v) is 11.2. The maximum atomic E-state index is 12.3. The third-order valence-electron chi connectivity index (χ3n) is 2.89. The summed E-state index contributed by atoms with van der Waals surface area (Å²) in [6.45, 7) is 3.90. The van der Waals surface area contributed by atoms with E-state index < -0.39 is 11.4 Å². The van der Waals surface area contributed by atoms with Gasteiger partial charge in [0, 0.05) is 18.4 Å². The van der Waals surface area contributed by atoms with E-state index in [2.05, 4.69) is 4.98 Å². The molecule has 6 nitrogen and oxygen atoms in total. The number of aryl methyl sites for hydroxylation is 2. The van der Waals surface area contributed by atoms with Crippen LogP contribution in [0.15, 0.2) is 23.1 Å². The molecule has 2 aromatic heterocycles. The van der Waals surface area contributed by atoms with Crippen LogP contribution in [0.5, 0.6) is 0 Å². The Morgan fingerprint density at radius 2 is 2.25 bits per heavy atom. The van der Waals surface area contributed by atoms with Gasteiger partial charge in [-0.05, 0) is 26.0 Å². The number of nitriles is 1. The molecule has 0 aliphatic rings. The molecule has 0 aliphatic carbocycles. The Labute approximate surface area is 115 Å². The van der Waals surface area contributed by atoms with Crippen LogP contribution in [0.25, 0.3) is 11.0 Å². The van der Waals surface area contributed by atoms with E-state index in [9.17, 15) is 9.59 Å². The Morgan fingerprint density at radius 3 is 2.90 bits per heavy atom. The Balaban J connectivity index is 2.67. The molecular formula is C14H13N3O3. The summed E-state index contributed by atoms with van der Waals surface area (Å²) in [6, 6.07) is 5.06. The lowest BCUT2D eigenvalue weighted by Gasteiger charge is -2.10. The molecule has 102 valence electrons. The second kappa shape index (κ2) is 5.53. The molecule has 2 heterocycles. The minimum atomic E-state index is -0.791. The van der Waals surface area contributed by atoms with Gasteiger partial charge in [0.2, 0.25) is 5.43 Å². The van der Waals surface area contributed by atoms with Gasteiger partial charge in [-0.25, -0.2) is 9.78 Å². The number of carbonyl (C=O) groups is 1. The van der Waals surface area contributed by atoms with Crippen molar-refractivity contribution in [2.45, 2.75) is 20.4 Å². The van der Waals surface area contributed by atoms with Crippen LogP contribution in [-0.2, 0) is 11.3 Å². The van der Waals surface area contributed by atoms with Crippen molar-refractivity contribution in [2.75, 3.05) is 6.61 Å². The summed E-state index contributed by atoms with van der Waals surface area (Å²) in [5.74, 6) is -0.791. The first-order valence-electron chi connectivity index (χ1n) is 6.13. The van der Waals surface area contributed by atoms with Gasteiger partial charge in [-0.2, -0.15) is 5.26 Å². The number of carbonyl (C=O) groups excluding carboxylic acids is 1. The lowest BCUT2D eigenvalue weighted by atomic mass is 10.2. The van der Waals surface area contributed by atoms with Crippen LogP contribution in [0.1, 0.15) is 23.0 Å². The van der Waals surface area contributed by atoms with E-state index in [0.29, 0.717) is 17.6 Å². The van der Waals surface area contributed by atoms with Gasteiger partial charge in [-0.3, -0.25) is 4.79 Å². The molecule has 2 rings (SSSR count). The summed E-state index contributed by atoms with van der Waals surface area (Å²) < 4.78 is 6.41. The molecule has 0 bridgehead atoms. The number of nitrogens with zero attached hydrogens (tertiary/aromatic N) is 3. The lowest BCUT2D eigenvalue weighted by Crippen LogP contribution is -2.21. The molecule has 0 N–H and O–H groups in total. The molecular weight excluding hydrogens is 258 g/mol. The molecule has 0 saturated carbocycles. The van der Waals surface area contributed by atoms with Crippen LogP contribution in [0.2, 0.25) is 0 Å². The summed E-state index contributed by atoms with van der Waals surface area (Å²) in [4.78, 5) is 28.4. The molecule has 0 aliphatic heterocycles. The van der Waals surface area contributed by atoms with Gasteiger partial charge in [-0.1, -0.05) is 0 Å². The molecule has 0 amide bonds. The Bertz CT molecular complexity index is 772. The predicted octanol–water partition coefficient (Wildman–Crippen LogP) is 1.41. The lowest BCUT2D eigenvalue weighted by molar-refractivity contribution is 0.0553. The minimum absolute atomic E-state index is 0.0831. The normalized spacial score (nSPS) is 10.2. The monoisotopic (exact) mass is 271 g/mol. The minimum Gasteiger partial charge on any atom is -0.447 e. The predicted molar refractivity (Wildman–Crippen MR) is 72.3 cm³/mol. The van der Waals surface area contributed by atoms with E-state index in [1.807, 2.05) is 13.8 Å². The number of esters is 1. The maximum absolute atomic E-state index is 12.3. The molecule has 0 fully saturated rings. The Morgan fingerprint density at radius 1 is 1.50 bits per heavy atom. The number of rotatable bonds is 3. The average Bonchev–Trinajstić information content (AvgIpc) is 2.45. The van der Waals surface area contributed by atoms with E-state index in [-0.39, 0.29) is 12.2 Å². The highest BCUT2D eigenvalue weighted by molar-refractivity contribution is 5.93. The topological polar surface area (TPSA) is 85.0 Å². The van der Waals surface area contributed by atoms with E-state index in [1.165, 1.54) is 6.20 Å². The van der Waals surface area contributed by atoms with Crippen LogP contribution in [0.4, 0.5) is 0 Å². The highest BCUT2D eigenvalue weighted by atomic mass is 16.5. The van der Waals surface area contributed by atoms with E-state index in [4.69, 9.17) is 10.00 Å². The standard InChI is InChI=1S/C14H13N3O3/c1-3-17-8-11(14(19)20-7-6-15)12(18)10-5-4-9(2)16-13(10)17/h4-5,8H,3,7H2,1-2H3. The van der Waals surface area contributed by atoms with Crippen molar-refractivity contribution in [1.29, 1.82) is 5.26 Å². The first kappa shape index (κ1) is 13.7. The highest BCUT2D eigenvalue weighted by Crippen LogP contribution is 2.11. The molecule has 2 aromatic rings. The van der Waals surface area contributed by atoms with Crippen LogP contribution < -0.4 is 5.43 Å². The first-order valence-corrected chi connectivity index (χ1v) is 6.13.